The Balaban J connectivity index is 2.11. The van der Waals surface area contributed by atoms with E-state index in [0.29, 0.717) is 17.9 Å². The highest BCUT2D eigenvalue weighted by Gasteiger charge is 2.38. The number of rotatable bonds is 5. The van der Waals surface area contributed by atoms with Crippen LogP contribution in [-0.2, 0) is 0 Å². The van der Waals surface area contributed by atoms with Crippen molar-refractivity contribution >= 4 is 0 Å². The van der Waals surface area contributed by atoms with E-state index >= 15 is 0 Å². The van der Waals surface area contributed by atoms with Crippen LogP contribution in [0.3, 0.4) is 0 Å². The first-order valence-electron chi connectivity index (χ1n) is 6.66. The van der Waals surface area contributed by atoms with Crippen molar-refractivity contribution in [3.63, 3.8) is 0 Å². The molecule has 1 aliphatic rings. The fraction of sp³-hybridized carbons (Fsp3) is 0.600. The monoisotopic (exact) mass is 249 g/mol. The van der Waals surface area contributed by atoms with Crippen LogP contribution in [0.15, 0.2) is 18.2 Å². The highest BCUT2D eigenvalue weighted by Crippen LogP contribution is 2.44. The minimum absolute atomic E-state index is 0.633. The predicted molar refractivity (Wildman–Crippen MR) is 73.5 cm³/mol. The summed E-state index contributed by atoms with van der Waals surface area (Å²) >= 11 is 0. The molecule has 3 heteroatoms. The minimum atomic E-state index is 0.633. The molecule has 0 aromatic heterocycles. The standard InChI is InChI=1S/C15H23NO2/c1-5-16-13-9-12(10(13)2)11-6-7-14(17-3)15(8-11)18-4/h6-8,10,12-13,16H,5,9H2,1-4H3. The van der Waals surface area contributed by atoms with Crippen LogP contribution in [0.4, 0.5) is 0 Å². The van der Waals surface area contributed by atoms with Crippen molar-refractivity contribution in [2.75, 3.05) is 20.8 Å². The van der Waals surface area contributed by atoms with Gasteiger partial charge in [-0.2, -0.15) is 0 Å². The lowest BCUT2D eigenvalue weighted by atomic mass is 9.67. The van der Waals surface area contributed by atoms with Gasteiger partial charge in [-0.25, -0.2) is 0 Å². The molecule has 3 unspecified atom stereocenters. The molecule has 0 heterocycles. The summed E-state index contributed by atoms with van der Waals surface area (Å²) in [5.74, 6) is 2.95. The van der Waals surface area contributed by atoms with Crippen LogP contribution in [-0.4, -0.2) is 26.8 Å². The Morgan fingerprint density at radius 1 is 1.22 bits per heavy atom. The molecule has 3 nitrogen and oxygen atoms in total. The second-order valence-corrected chi connectivity index (χ2v) is 4.98. The van der Waals surface area contributed by atoms with Gasteiger partial charge in [-0.3, -0.25) is 0 Å². The Bertz CT molecular complexity index is 405. The van der Waals surface area contributed by atoms with E-state index in [1.807, 2.05) is 6.07 Å². The van der Waals surface area contributed by atoms with E-state index in [-0.39, 0.29) is 0 Å². The van der Waals surface area contributed by atoms with Crippen molar-refractivity contribution in [3.05, 3.63) is 23.8 Å². The Hall–Kier alpha value is -1.22. The summed E-state index contributed by atoms with van der Waals surface area (Å²) in [6.07, 6.45) is 1.21. The number of ether oxygens (including phenoxy) is 2. The Kier molecular flexibility index (Phi) is 4.12. The van der Waals surface area contributed by atoms with Crippen LogP contribution in [0.5, 0.6) is 11.5 Å². The summed E-state index contributed by atoms with van der Waals surface area (Å²) < 4.78 is 10.6. The first-order valence-corrected chi connectivity index (χ1v) is 6.66. The van der Waals surface area contributed by atoms with Crippen molar-refractivity contribution in [1.29, 1.82) is 0 Å². The summed E-state index contributed by atoms with van der Waals surface area (Å²) in [6.45, 7) is 5.53. The normalized spacial score (nSPS) is 26.6. The molecule has 1 saturated carbocycles. The molecule has 0 radical (unpaired) electrons. The molecule has 18 heavy (non-hydrogen) atoms. The molecule has 0 amide bonds. The van der Waals surface area contributed by atoms with E-state index in [9.17, 15) is 0 Å². The Morgan fingerprint density at radius 2 is 1.94 bits per heavy atom. The maximum atomic E-state index is 5.36. The molecule has 1 aromatic carbocycles. The van der Waals surface area contributed by atoms with Crippen molar-refractivity contribution in [3.8, 4) is 11.5 Å². The lowest BCUT2D eigenvalue weighted by Crippen LogP contribution is -2.47. The second kappa shape index (κ2) is 5.61. The summed E-state index contributed by atoms with van der Waals surface area (Å²) in [7, 11) is 3.36. The maximum Gasteiger partial charge on any atom is 0.160 e. The largest absolute Gasteiger partial charge is 0.493 e. The number of methoxy groups -OCH3 is 2. The van der Waals surface area contributed by atoms with Gasteiger partial charge in [0.25, 0.3) is 0 Å². The van der Waals surface area contributed by atoms with Crippen LogP contribution >= 0.6 is 0 Å². The van der Waals surface area contributed by atoms with Gasteiger partial charge in [0.15, 0.2) is 11.5 Å². The zero-order valence-corrected chi connectivity index (χ0v) is 11.7. The van der Waals surface area contributed by atoms with Crippen LogP contribution in [0.1, 0.15) is 31.7 Å². The number of nitrogens with one attached hydrogen (secondary N) is 1. The fourth-order valence-electron chi connectivity index (χ4n) is 2.84. The van der Waals surface area contributed by atoms with Crippen LogP contribution in [0.25, 0.3) is 0 Å². The van der Waals surface area contributed by atoms with Crippen molar-refractivity contribution in [2.24, 2.45) is 5.92 Å². The molecule has 1 aliphatic carbocycles. The third kappa shape index (κ3) is 2.32. The molecule has 2 rings (SSSR count). The number of benzene rings is 1. The van der Waals surface area contributed by atoms with E-state index in [1.54, 1.807) is 14.2 Å². The van der Waals surface area contributed by atoms with Gasteiger partial charge in [0.05, 0.1) is 14.2 Å². The molecule has 1 fully saturated rings. The highest BCUT2D eigenvalue weighted by molar-refractivity contribution is 5.44. The molecular weight excluding hydrogens is 226 g/mol. The van der Waals surface area contributed by atoms with Gasteiger partial charge < -0.3 is 14.8 Å². The van der Waals surface area contributed by atoms with E-state index in [0.717, 1.165) is 18.0 Å². The predicted octanol–water partition coefficient (Wildman–Crippen LogP) is 2.81. The van der Waals surface area contributed by atoms with Crippen LogP contribution in [0.2, 0.25) is 0 Å². The Morgan fingerprint density at radius 3 is 2.50 bits per heavy atom. The maximum absolute atomic E-state index is 5.36. The average Bonchev–Trinajstić information content (AvgIpc) is 2.41. The molecule has 0 bridgehead atoms. The first-order chi connectivity index (χ1) is 8.71. The minimum Gasteiger partial charge on any atom is -0.493 e. The second-order valence-electron chi connectivity index (χ2n) is 4.98. The van der Waals surface area contributed by atoms with Crippen molar-refractivity contribution in [2.45, 2.75) is 32.2 Å². The third-order valence-electron chi connectivity index (χ3n) is 4.08. The van der Waals surface area contributed by atoms with Crippen LogP contribution in [0, 0.1) is 5.92 Å². The SMILES string of the molecule is CCNC1CC(c2ccc(OC)c(OC)c2)C1C. The quantitative estimate of drug-likeness (QED) is 0.870. The van der Waals surface area contributed by atoms with Gasteiger partial charge >= 0.3 is 0 Å². The van der Waals surface area contributed by atoms with E-state index in [1.165, 1.54) is 12.0 Å². The van der Waals surface area contributed by atoms with Gasteiger partial charge in [0.1, 0.15) is 0 Å². The van der Waals surface area contributed by atoms with Gasteiger partial charge in [-0.1, -0.05) is 19.9 Å². The fourth-order valence-corrected chi connectivity index (χ4v) is 2.84. The summed E-state index contributed by atoms with van der Waals surface area (Å²) in [6, 6.07) is 6.93. The molecule has 0 saturated heterocycles. The molecule has 0 spiro atoms. The molecule has 100 valence electrons. The van der Waals surface area contributed by atoms with E-state index in [2.05, 4.69) is 31.3 Å². The lowest BCUT2D eigenvalue weighted by molar-refractivity contribution is 0.186. The van der Waals surface area contributed by atoms with Gasteiger partial charge in [-0.05, 0) is 42.5 Å². The average molecular weight is 249 g/mol. The molecule has 3 atom stereocenters. The molecule has 0 aliphatic heterocycles. The summed E-state index contributed by atoms with van der Waals surface area (Å²) in [5, 5.41) is 3.53. The molecular formula is C15H23NO2. The molecule has 1 N–H and O–H groups in total. The summed E-state index contributed by atoms with van der Waals surface area (Å²) in [4.78, 5) is 0. The lowest BCUT2D eigenvalue weighted by Gasteiger charge is -2.43. The first kappa shape index (κ1) is 13.2. The van der Waals surface area contributed by atoms with Gasteiger partial charge in [-0.15, -0.1) is 0 Å². The van der Waals surface area contributed by atoms with E-state index in [4.69, 9.17) is 9.47 Å². The van der Waals surface area contributed by atoms with Crippen LogP contribution < -0.4 is 14.8 Å². The Labute approximate surface area is 109 Å². The smallest absolute Gasteiger partial charge is 0.160 e. The zero-order chi connectivity index (χ0) is 13.1. The summed E-state index contributed by atoms with van der Waals surface area (Å²) in [5.41, 5.74) is 1.36. The number of hydrogen-bond acceptors (Lipinski definition) is 3. The van der Waals surface area contributed by atoms with Crippen molar-refractivity contribution < 1.29 is 9.47 Å². The number of hydrogen-bond donors (Lipinski definition) is 1. The van der Waals surface area contributed by atoms with E-state index < -0.39 is 0 Å². The zero-order valence-electron chi connectivity index (χ0n) is 11.7. The van der Waals surface area contributed by atoms with Gasteiger partial charge in [0, 0.05) is 6.04 Å². The highest BCUT2D eigenvalue weighted by atomic mass is 16.5. The molecule has 1 aromatic rings. The van der Waals surface area contributed by atoms with Gasteiger partial charge in [0.2, 0.25) is 0 Å². The van der Waals surface area contributed by atoms with Crippen molar-refractivity contribution in [1.82, 2.24) is 5.32 Å². The topological polar surface area (TPSA) is 30.5 Å². The third-order valence-corrected chi connectivity index (χ3v) is 4.08.